The predicted octanol–water partition coefficient (Wildman–Crippen LogP) is 3.24. The number of halogens is 2. The highest BCUT2D eigenvalue weighted by Crippen LogP contribution is 2.27. The van der Waals surface area contributed by atoms with Gasteiger partial charge in [-0.15, -0.1) is 6.58 Å². The van der Waals surface area contributed by atoms with Gasteiger partial charge >= 0.3 is 0 Å². The predicted molar refractivity (Wildman–Crippen MR) is 64.0 cm³/mol. The van der Waals surface area contributed by atoms with Crippen LogP contribution < -0.4 is 5.73 Å². The minimum atomic E-state index is -0.0888. The van der Waals surface area contributed by atoms with Crippen molar-refractivity contribution in [3.05, 3.63) is 44.5 Å². The molecule has 0 aliphatic rings. The Morgan fingerprint density at radius 2 is 2.25 bits per heavy atom. The fraction of sp³-hybridized carbons (Fsp3) is 0.111. The van der Waals surface area contributed by atoms with Gasteiger partial charge in [0.1, 0.15) is 0 Å². The molecule has 0 spiro atoms. The van der Waals surface area contributed by atoms with E-state index in [2.05, 4.69) is 45.1 Å². The summed E-state index contributed by atoms with van der Waals surface area (Å²) in [7, 11) is 0. The number of nitrogens with two attached hydrogens (primary N) is 1. The van der Waals surface area contributed by atoms with Crippen molar-refractivity contribution >= 4 is 38.5 Å². The summed E-state index contributed by atoms with van der Waals surface area (Å²) in [4.78, 5) is 0. The number of hydrogen-bond donors (Lipinski definition) is 1. The van der Waals surface area contributed by atoms with E-state index < -0.39 is 0 Å². The second-order valence-corrected chi connectivity index (χ2v) is 4.36. The Kier molecular flexibility index (Phi) is 3.74. The highest BCUT2D eigenvalue weighted by atomic mass is 127. The van der Waals surface area contributed by atoms with E-state index in [1.54, 1.807) is 6.08 Å². The van der Waals surface area contributed by atoms with Crippen molar-refractivity contribution in [3.63, 3.8) is 0 Å². The van der Waals surface area contributed by atoms with Crippen LogP contribution in [0.4, 0.5) is 0 Å². The standard InChI is InChI=1S/C9H9BrIN/c1-2-8(12)6-4-3-5-7(11)9(6)10/h2-5,8H,1,12H2/t8-/m1/s1. The van der Waals surface area contributed by atoms with Crippen LogP contribution in [0.3, 0.4) is 0 Å². The fourth-order valence-electron chi connectivity index (χ4n) is 0.905. The van der Waals surface area contributed by atoms with E-state index in [1.807, 2.05) is 18.2 Å². The molecular weight excluding hydrogens is 329 g/mol. The Balaban J connectivity index is 3.15. The Hall–Kier alpha value is 0.130. The average Bonchev–Trinajstić information content (AvgIpc) is 2.08. The number of hydrogen-bond acceptors (Lipinski definition) is 1. The molecule has 0 heterocycles. The minimum absolute atomic E-state index is 0.0888. The van der Waals surface area contributed by atoms with E-state index in [4.69, 9.17) is 5.73 Å². The number of rotatable bonds is 2. The zero-order chi connectivity index (χ0) is 9.14. The van der Waals surface area contributed by atoms with E-state index in [-0.39, 0.29) is 6.04 Å². The van der Waals surface area contributed by atoms with E-state index in [0.717, 1.165) is 10.0 Å². The highest BCUT2D eigenvalue weighted by Gasteiger charge is 2.07. The van der Waals surface area contributed by atoms with E-state index >= 15 is 0 Å². The molecular formula is C9H9BrIN. The molecule has 1 atom stereocenters. The molecule has 1 aromatic rings. The maximum Gasteiger partial charge on any atom is 0.0490 e. The first-order chi connectivity index (χ1) is 5.66. The van der Waals surface area contributed by atoms with Gasteiger partial charge in [-0.1, -0.05) is 18.2 Å². The van der Waals surface area contributed by atoms with Gasteiger partial charge in [-0.05, 0) is 50.2 Å². The summed E-state index contributed by atoms with van der Waals surface area (Å²) in [5.41, 5.74) is 6.89. The third-order valence-corrected chi connectivity index (χ3v) is 4.12. The molecule has 64 valence electrons. The molecule has 12 heavy (non-hydrogen) atoms. The van der Waals surface area contributed by atoms with Crippen molar-refractivity contribution in [2.75, 3.05) is 0 Å². The van der Waals surface area contributed by atoms with Crippen LogP contribution in [-0.4, -0.2) is 0 Å². The molecule has 0 aliphatic heterocycles. The van der Waals surface area contributed by atoms with E-state index in [9.17, 15) is 0 Å². The van der Waals surface area contributed by atoms with Gasteiger partial charge in [0.25, 0.3) is 0 Å². The van der Waals surface area contributed by atoms with Crippen LogP contribution in [0.1, 0.15) is 11.6 Å². The highest BCUT2D eigenvalue weighted by molar-refractivity contribution is 14.1. The van der Waals surface area contributed by atoms with Gasteiger partial charge in [0, 0.05) is 14.1 Å². The quantitative estimate of drug-likeness (QED) is 0.650. The smallest absolute Gasteiger partial charge is 0.0490 e. The molecule has 3 heteroatoms. The number of benzene rings is 1. The molecule has 1 rings (SSSR count). The van der Waals surface area contributed by atoms with Crippen LogP contribution in [0, 0.1) is 3.57 Å². The molecule has 1 aromatic carbocycles. The Labute approximate surface area is 94.3 Å². The zero-order valence-electron chi connectivity index (χ0n) is 6.43. The molecule has 0 bridgehead atoms. The molecule has 0 aliphatic carbocycles. The lowest BCUT2D eigenvalue weighted by Crippen LogP contribution is -2.07. The molecule has 0 unspecified atom stereocenters. The van der Waals surface area contributed by atoms with Crippen LogP contribution in [0.15, 0.2) is 35.3 Å². The second kappa shape index (κ2) is 4.39. The first kappa shape index (κ1) is 10.2. The van der Waals surface area contributed by atoms with Crippen LogP contribution >= 0.6 is 38.5 Å². The van der Waals surface area contributed by atoms with Crippen molar-refractivity contribution in [1.82, 2.24) is 0 Å². The van der Waals surface area contributed by atoms with E-state index in [1.165, 1.54) is 3.57 Å². The topological polar surface area (TPSA) is 26.0 Å². The summed E-state index contributed by atoms with van der Waals surface area (Å²) in [5.74, 6) is 0. The largest absolute Gasteiger partial charge is 0.321 e. The summed E-state index contributed by atoms with van der Waals surface area (Å²) in [6, 6.07) is 5.93. The average molecular weight is 338 g/mol. The maximum atomic E-state index is 5.81. The van der Waals surface area contributed by atoms with Crippen LogP contribution in [0.2, 0.25) is 0 Å². The van der Waals surface area contributed by atoms with Crippen molar-refractivity contribution in [1.29, 1.82) is 0 Å². The lowest BCUT2D eigenvalue weighted by Gasteiger charge is -2.09. The van der Waals surface area contributed by atoms with Gasteiger partial charge < -0.3 is 5.73 Å². The van der Waals surface area contributed by atoms with Gasteiger partial charge in [-0.3, -0.25) is 0 Å². The van der Waals surface area contributed by atoms with Crippen molar-refractivity contribution < 1.29 is 0 Å². The molecule has 0 saturated heterocycles. The molecule has 1 nitrogen and oxygen atoms in total. The lowest BCUT2D eigenvalue weighted by atomic mass is 10.1. The summed E-state index contributed by atoms with van der Waals surface area (Å²) in [6.07, 6.45) is 1.73. The summed E-state index contributed by atoms with van der Waals surface area (Å²) >= 11 is 5.75. The second-order valence-electron chi connectivity index (χ2n) is 2.40. The third-order valence-electron chi connectivity index (χ3n) is 1.59. The third kappa shape index (κ3) is 2.08. The zero-order valence-corrected chi connectivity index (χ0v) is 10.2. The van der Waals surface area contributed by atoms with Gasteiger partial charge in [0.05, 0.1) is 0 Å². The monoisotopic (exact) mass is 337 g/mol. The van der Waals surface area contributed by atoms with Gasteiger partial charge in [-0.2, -0.15) is 0 Å². The molecule has 0 amide bonds. The normalized spacial score (nSPS) is 12.6. The maximum absolute atomic E-state index is 5.81. The van der Waals surface area contributed by atoms with E-state index in [0.29, 0.717) is 0 Å². The van der Waals surface area contributed by atoms with Crippen LogP contribution in [0.25, 0.3) is 0 Å². The fourth-order valence-corrected chi connectivity index (χ4v) is 1.95. The van der Waals surface area contributed by atoms with Gasteiger partial charge in [0.15, 0.2) is 0 Å². The lowest BCUT2D eigenvalue weighted by molar-refractivity contribution is 0.906. The summed E-state index contributed by atoms with van der Waals surface area (Å²) in [5, 5.41) is 0. The Bertz CT molecular complexity index is 299. The van der Waals surface area contributed by atoms with Gasteiger partial charge in [-0.25, -0.2) is 0 Å². The SMILES string of the molecule is C=C[C@@H](N)c1cccc(I)c1Br. The van der Waals surface area contributed by atoms with Crippen LogP contribution in [0.5, 0.6) is 0 Å². The Morgan fingerprint density at radius 3 is 2.83 bits per heavy atom. The molecule has 2 N–H and O–H groups in total. The first-order valence-corrected chi connectivity index (χ1v) is 5.36. The van der Waals surface area contributed by atoms with Crippen molar-refractivity contribution in [2.45, 2.75) is 6.04 Å². The van der Waals surface area contributed by atoms with Crippen molar-refractivity contribution in [3.8, 4) is 0 Å². The molecule has 0 aromatic heterocycles. The van der Waals surface area contributed by atoms with Crippen LogP contribution in [-0.2, 0) is 0 Å². The molecule has 0 fully saturated rings. The molecule has 0 saturated carbocycles. The van der Waals surface area contributed by atoms with Gasteiger partial charge in [0.2, 0.25) is 0 Å². The minimum Gasteiger partial charge on any atom is -0.321 e. The molecule has 0 radical (unpaired) electrons. The summed E-state index contributed by atoms with van der Waals surface area (Å²) in [6.45, 7) is 3.66. The Morgan fingerprint density at radius 1 is 1.58 bits per heavy atom. The summed E-state index contributed by atoms with van der Waals surface area (Å²) < 4.78 is 2.24. The van der Waals surface area contributed by atoms with Crippen molar-refractivity contribution in [2.24, 2.45) is 5.73 Å². The first-order valence-electron chi connectivity index (χ1n) is 3.49.